The van der Waals surface area contributed by atoms with Gasteiger partial charge in [0.15, 0.2) is 0 Å². The molecule has 0 heterocycles. The Morgan fingerprint density at radius 2 is 1.88 bits per heavy atom. The third-order valence-corrected chi connectivity index (χ3v) is 3.54. The van der Waals surface area contributed by atoms with Gasteiger partial charge in [-0.05, 0) is 55.5 Å². The van der Waals surface area contributed by atoms with Gasteiger partial charge in [0.2, 0.25) is 0 Å². The molecule has 0 N–H and O–H groups in total. The summed E-state index contributed by atoms with van der Waals surface area (Å²) in [5.41, 5.74) is 1.08. The van der Waals surface area contributed by atoms with Crippen LogP contribution in [0.4, 0.5) is 10.1 Å². The van der Waals surface area contributed by atoms with Gasteiger partial charge in [0, 0.05) is 18.0 Å². The van der Waals surface area contributed by atoms with Crippen molar-refractivity contribution in [3.8, 4) is 0 Å². The van der Waals surface area contributed by atoms with E-state index in [0.29, 0.717) is 0 Å². The highest BCUT2D eigenvalue weighted by Gasteiger charge is 2.05. The Balaban J connectivity index is 2.50. The van der Waals surface area contributed by atoms with Crippen LogP contribution in [0.25, 0.3) is 0 Å². The third-order valence-electron chi connectivity index (χ3n) is 2.34. The number of hydrogen-bond acceptors (Lipinski definition) is 2. The molecule has 0 aliphatic carbocycles. The van der Waals surface area contributed by atoms with Crippen LogP contribution in [-0.2, 0) is 0 Å². The van der Waals surface area contributed by atoms with Crippen molar-refractivity contribution in [1.29, 1.82) is 0 Å². The zero-order valence-electron chi connectivity index (χ0n) is 10.2. The van der Waals surface area contributed by atoms with E-state index in [9.17, 15) is 4.39 Å². The first-order chi connectivity index (χ1) is 7.63. The lowest BCUT2D eigenvalue weighted by molar-refractivity contribution is 0.628. The molecule has 0 saturated heterocycles. The van der Waals surface area contributed by atoms with Crippen molar-refractivity contribution < 1.29 is 4.39 Å². The fourth-order valence-electron chi connectivity index (χ4n) is 1.35. The van der Waals surface area contributed by atoms with E-state index in [-0.39, 0.29) is 5.82 Å². The lowest BCUT2D eigenvalue weighted by Crippen LogP contribution is -2.14. The maximum absolute atomic E-state index is 12.8. The van der Waals surface area contributed by atoms with Gasteiger partial charge in [-0.25, -0.2) is 4.39 Å². The van der Waals surface area contributed by atoms with Crippen molar-refractivity contribution in [1.82, 2.24) is 0 Å². The molecule has 0 radical (unpaired) electrons. The SMILES string of the molecule is CCN(SCCC(C)C)c1ccc(F)cc1. The van der Waals surface area contributed by atoms with E-state index in [2.05, 4.69) is 25.1 Å². The summed E-state index contributed by atoms with van der Waals surface area (Å²) in [4.78, 5) is 0. The second-order valence-corrected chi connectivity index (χ2v) is 5.29. The summed E-state index contributed by atoms with van der Waals surface area (Å²) in [6, 6.07) is 6.70. The zero-order valence-corrected chi connectivity index (χ0v) is 11.1. The molecule has 1 aromatic rings. The zero-order chi connectivity index (χ0) is 12.0. The second kappa shape index (κ2) is 6.79. The van der Waals surface area contributed by atoms with Crippen molar-refractivity contribution in [2.75, 3.05) is 16.6 Å². The van der Waals surface area contributed by atoms with E-state index in [0.717, 1.165) is 23.9 Å². The Hall–Kier alpha value is -0.700. The van der Waals surface area contributed by atoms with Gasteiger partial charge in [-0.15, -0.1) is 0 Å². The minimum absolute atomic E-state index is 0.174. The molecule has 0 amide bonds. The number of benzene rings is 1. The number of anilines is 1. The first-order valence-corrected chi connectivity index (χ1v) is 6.73. The first kappa shape index (κ1) is 13.4. The summed E-state index contributed by atoms with van der Waals surface area (Å²) in [5.74, 6) is 1.68. The summed E-state index contributed by atoms with van der Waals surface area (Å²) >= 11 is 1.82. The molecule has 0 aliphatic rings. The molecule has 0 atom stereocenters. The Morgan fingerprint density at radius 3 is 2.38 bits per heavy atom. The third kappa shape index (κ3) is 4.44. The highest BCUT2D eigenvalue weighted by Crippen LogP contribution is 2.23. The van der Waals surface area contributed by atoms with Crippen molar-refractivity contribution in [2.24, 2.45) is 5.92 Å². The molecular formula is C13H20FNS. The molecule has 0 saturated carbocycles. The molecule has 16 heavy (non-hydrogen) atoms. The summed E-state index contributed by atoms with van der Waals surface area (Å²) in [6.45, 7) is 7.52. The van der Waals surface area contributed by atoms with Crippen molar-refractivity contribution in [3.05, 3.63) is 30.1 Å². The summed E-state index contributed by atoms with van der Waals surface area (Å²) in [6.07, 6.45) is 1.21. The molecular weight excluding hydrogens is 221 g/mol. The van der Waals surface area contributed by atoms with Gasteiger partial charge < -0.3 is 4.31 Å². The molecule has 1 nitrogen and oxygen atoms in total. The molecule has 0 spiro atoms. The molecule has 0 aliphatic heterocycles. The molecule has 1 aromatic carbocycles. The minimum Gasteiger partial charge on any atom is -0.317 e. The van der Waals surface area contributed by atoms with Gasteiger partial charge in [-0.2, -0.15) is 0 Å². The van der Waals surface area contributed by atoms with E-state index in [1.165, 1.54) is 18.6 Å². The predicted molar refractivity (Wildman–Crippen MR) is 71.3 cm³/mol. The van der Waals surface area contributed by atoms with E-state index < -0.39 is 0 Å². The minimum atomic E-state index is -0.174. The summed E-state index contributed by atoms with van der Waals surface area (Å²) in [7, 11) is 0. The summed E-state index contributed by atoms with van der Waals surface area (Å²) < 4.78 is 15.0. The number of rotatable bonds is 6. The highest BCUT2D eigenvalue weighted by atomic mass is 32.2. The van der Waals surface area contributed by atoms with Crippen molar-refractivity contribution >= 4 is 17.6 Å². The average molecular weight is 241 g/mol. The lowest BCUT2D eigenvalue weighted by Gasteiger charge is -2.21. The van der Waals surface area contributed by atoms with Gasteiger partial charge >= 0.3 is 0 Å². The van der Waals surface area contributed by atoms with Crippen LogP contribution in [0.5, 0.6) is 0 Å². The highest BCUT2D eigenvalue weighted by molar-refractivity contribution is 8.00. The van der Waals surface area contributed by atoms with Crippen molar-refractivity contribution in [2.45, 2.75) is 27.2 Å². The van der Waals surface area contributed by atoms with E-state index in [1.807, 2.05) is 24.1 Å². The van der Waals surface area contributed by atoms with Crippen LogP contribution in [0.15, 0.2) is 24.3 Å². The quantitative estimate of drug-likeness (QED) is 0.681. The molecule has 90 valence electrons. The average Bonchev–Trinajstić information content (AvgIpc) is 2.26. The van der Waals surface area contributed by atoms with Crippen LogP contribution in [-0.4, -0.2) is 12.3 Å². The molecule has 0 fully saturated rings. The number of nitrogens with zero attached hydrogens (tertiary/aromatic N) is 1. The van der Waals surface area contributed by atoms with Gasteiger partial charge in [0.1, 0.15) is 5.82 Å². The van der Waals surface area contributed by atoms with E-state index >= 15 is 0 Å². The largest absolute Gasteiger partial charge is 0.317 e. The maximum Gasteiger partial charge on any atom is 0.123 e. The van der Waals surface area contributed by atoms with Crippen LogP contribution in [0.3, 0.4) is 0 Å². The van der Waals surface area contributed by atoms with Crippen LogP contribution in [0.2, 0.25) is 0 Å². The van der Waals surface area contributed by atoms with Crippen LogP contribution < -0.4 is 4.31 Å². The number of halogens is 1. The maximum atomic E-state index is 12.8. The Labute approximate surface area is 102 Å². The van der Waals surface area contributed by atoms with Gasteiger partial charge in [-0.1, -0.05) is 13.8 Å². The lowest BCUT2D eigenvalue weighted by atomic mass is 10.2. The van der Waals surface area contributed by atoms with Gasteiger partial charge in [0.25, 0.3) is 0 Å². The van der Waals surface area contributed by atoms with Crippen LogP contribution in [0, 0.1) is 11.7 Å². The van der Waals surface area contributed by atoms with Crippen LogP contribution in [0.1, 0.15) is 27.2 Å². The molecule has 0 unspecified atom stereocenters. The molecule has 0 aromatic heterocycles. The van der Waals surface area contributed by atoms with Gasteiger partial charge in [-0.3, -0.25) is 0 Å². The Kier molecular flexibility index (Phi) is 5.67. The van der Waals surface area contributed by atoms with Gasteiger partial charge in [0.05, 0.1) is 0 Å². The topological polar surface area (TPSA) is 3.24 Å². The predicted octanol–water partition coefficient (Wildman–Crippen LogP) is 4.35. The second-order valence-electron chi connectivity index (χ2n) is 4.19. The smallest absolute Gasteiger partial charge is 0.123 e. The fraction of sp³-hybridized carbons (Fsp3) is 0.538. The van der Waals surface area contributed by atoms with Crippen molar-refractivity contribution in [3.63, 3.8) is 0 Å². The standard InChI is InChI=1S/C13H20FNS/c1-4-15(16-10-9-11(2)3)13-7-5-12(14)6-8-13/h5-8,11H,4,9-10H2,1-3H3. The van der Waals surface area contributed by atoms with E-state index in [1.54, 1.807) is 0 Å². The molecule has 1 rings (SSSR count). The van der Waals surface area contributed by atoms with Crippen LogP contribution >= 0.6 is 11.9 Å². The summed E-state index contributed by atoms with van der Waals surface area (Å²) in [5, 5.41) is 0. The molecule has 3 heteroatoms. The fourth-order valence-corrected chi connectivity index (χ4v) is 2.60. The molecule has 0 bridgehead atoms. The van der Waals surface area contributed by atoms with E-state index in [4.69, 9.17) is 0 Å². The Bertz CT molecular complexity index is 297. The Morgan fingerprint density at radius 1 is 1.25 bits per heavy atom. The normalized spacial score (nSPS) is 10.8. The first-order valence-electron chi connectivity index (χ1n) is 5.79. The number of hydrogen-bond donors (Lipinski definition) is 0. The monoisotopic (exact) mass is 241 g/mol.